The van der Waals surface area contributed by atoms with Crippen LogP contribution in [0.15, 0.2) is 10.9 Å². The molecule has 0 spiro atoms. The summed E-state index contributed by atoms with van der Waals surface area (Å²) >= 11 is 0. The van der Waals surface area contributed by atoms with Gasteiger partial charge in [0.2, 0.25) is 0 Å². The molecule has 0 aromatic carbocycles. The molecule has 3 N–H and O–H groups in total. The average molecular weight is 279 g/mol. The minimum absolute atomic E-state index is 0.115. The molecule has 0 saturated heterocycles. The monoisotopic (exact) mass is 279 g/mol. The smallest absolute Gasteiger partial charge is 0.251 e. The van der Waals surface area contributed by atoms with Crippen LogP contribution >= 0.6 is 0 Å². The molecule has 1 aliphatic rings. The molecule has 20 heavy (non-hydrogen) atoms. The molecular formula is C15H25N3O2. The minimum Gasteiger partial charge on any atom is -0.367 e. The summed E-state index contributed by atoms with van der Waals surface area (Å²) in [4.78, 5) is 19.3. The van der Waals surface area contributed by atoms with Gasteiger partial charge >= 0.3 is 0 Å². The Hall–Kier alpha value is -1.20. The van der Waals surface area contributed by atoms with E-state index in [0.717, 1.165) is 31.4 Å². The first-order chi connectivity index (χ1) is 9.59. The van der Waals surface area contributed by atoms with Crippen LogP contribution in [0.2, 0.25) is 0 Å². The number of ether oxygens (including phenoxy) is 1. The van der Waals surface area contributed by atoms with Crippen molar-refractivity contribution < 1.29 is 4.74 Å². The van der Waals surface area contributed by atoms with Gasteiger partial charge in [-0.25, -0.2) is 4.98 Å². The van der Waals surface area contributed by atoms with Crippen LogP contribution in [0, 0.1) is 5.92 Å². The van der Waals surface area contributed by atoms with Gasteiger partial charge in [0, 0.05) is 24.8 Å². The van der Waals surface area contributed by atoms with Gasteiger partial charge in [-0.3, -0.25) is 4.79 Å². The largest absolute Gasteiger partial charge is 0.367 e. The maximum Gasteiger partial charge on any atom is 0.251 e. The number of aromatic amines is 1. The Morgan fingerprint density at radius 2 is 2.20 bits per heavy atom. The Morgan fingerprint density at radius 1 is 1.50 bits per heavy atom. The predicted octanol–water partition coefficient (Wildman–Crippen LogP) is 1.71. The van der Waals surface area contributed by atoms with Crippen molar-refractivity contribution >= 4 is 0 Å². The molecule has 1 fully saturated rings. The number of nitrogens with two attached hydrogens (primary N) is 1. The van der Waals surface area contributed by atoms with Crippen LogP contribution < -0.4 is 11.3 Å². The highest BCUT2D eigenvalue weighted by atomic mass is 16.5. The molecule has 2 rings (SSSR count). The standard InChI is InChI=1S/C15H25N3O2/c1-3-20-15(7-4-11(2)5-8-15)14-17-12(6-9-16)10-13(19)18-14/h10-11H,3-9,16H2,1-2H3,(H,17,18,19). The van der Waals surface area contributed by atoms with Crippen LogP contribution in [-0.2, 0) is 16.8 Å². The topological polar surface area (TPSA) is 81.0 Å². The molecular weight excluding hydrogens is 254 g/mol. The third kappa shape index (κ3) is 3.27. The molecule has 0 radical (unpaired) electrons. The first kappa shape index (κ1) is 15.2. The number of H-pyrrole nitrogens is 1. The SMILES string of the molecule is CCOC1(c2nc(CCN)cc(=O)[nH]2)CCC(C)CC1. The molecule has 5 heteroatoms. The maximum absolute atomic E-state index is 11.8. The second-order valence-corrected chi connectivity index (χ2v) is 5.73. The highest BCUT2D eigenvalue weighted by molar-refractivity contribution is 5.10. The van der Waals surface area contributed by atoms with Crippen molar-refractivity contribution in [1.29, 1.82) is 0 Å². The lowest BCUT2D eigenvalue weighted by Gasteiger charge is -2.38. The van der Waals surface area contributed by atoms with Gasteiger partial charge in [0.15, 0.2) is 0 Å². The predicted molar refractivity (Wildman–Crippen MR) is 78.6 cm³/mol. The zero-order valence-electron chi connectivity index (χ0n) is 12.4. The molecule has 0 atom stereocenters. The van der Waals surface area contributed by atoms with E-state index in [1.54, 1.807) is 0 Å². The molecule has 5 nitrogen and oxygen atoms in total. The Morgan fingerprint density at radius 3 is 2.80 bits per heavy atom. The van der Waals surface area contributed by atoms with E-state index in [-0.39, 0.29) is 5.56 Å². The normalized spacial score (nSPS) is 26.6. The van der Waals surface area contributed by atoms with Crippen LogP contribution in [0.1, 0.15) is 51.0 Å². The third-order valence-electron chi connectivity index (χ3n) is 4.13. The second kappa shape index (κ2) is 6.50. The summed E-state index contributed by atoms with van der Waals surface area (Å²) in [6.07, 6.45) is 4.65. The molecule has 0 bridgehead atoms. The van der Waals surface area contributed by atoms with Crippen molar-refractivity contribution in [2.24, 2.45) is 11.7 Å². The Balaban J connectivity index is 2.36. The van der Waals surface area contributed by atoms with E-state index in [2.05, 4.69) is 16.9 Å². The van der Waals surface area contributed by atoms with Crippen LogP contribution in [0.5, 0.6) is 0 Å². The molecule has 1 saturated carbocycles. The van der Waals surface area contributed by atoms with E-state index in [4.69, 9.17) is 10.5 Å². The number of nitrogens with one attached hydrogen (secondary N) is 1. The van der Waals surface area contributed by atoms with Gasteiger partial charge in [-0.05, 0) is 45.1 Å². The number of aromatic nitrogens is 2. The number of hydrogen-bond donors (Lipinski definition) is 2. The summed E-state index contributed by atoms with van der Waals surface area (Å²) in [6.45, 7) is 5.37. The Bertz CT molecular complexity index is 490. The van der Waals surface area contributed by atoms with Crippen molar-refractivity contribution in [2.75, 3.05) is 13.2 Å². The van der Waals surface area contributed by atoms with Gasteiger partial charge in [-0.2, -0.15) is 0 Å². The second-order valence-electron chi connectivity index (χ2n) is 5.73. The Kier molecular flexibility index (Phi) is 4.94. The summed E-state index contributed by atoms with van der Waals surface area (Å²) in [5, 5.41) is 0. The molecule has 1 aromatic heterocycles. The number of hydrogen-bond acceptors (Lipinski definition) is 4. The van der Waals surface area contributed by atoms with Crippen molar-refractivity contribution in [1.82, 2.24) is 9.97 Å². The molecule has 0 amide bonds. The molecule has 0 unspecified atom stereocenters. The highest BCUT2D eigenvalue weighted by Gasteiger charge is 2.39. The van der Waals surface area contributed by atoms with Gasteiger partial charge in [-0.15, -0.1) is 0 Å². The van der Waals surface area contributed by atoms with E-state index in [1.807, 2.05) is 6.92 Å². The van der Waals surface area contributed by atoms with E-state index < -0.39 is 5.60 Å². The lowest BCUT2D eigenvalue weighted by molar-refractivity contribution is -0.0839. The van der Waals surface area contributed by atoms with Crippen LogP contribution in [0.4, 0.5) is 0 Å². The van der Waals surface area contributed by atoms with Crippen LogP contribution in [-0.4, -0.2) is 23.1 Å². The molecule has 1 aliphatic carbocycles. The van der Waals surface area contributed by atoms with E-state index in [1.165, 1.54) is 6.07 Å². The van der Waals surface area contributed by atoms with Crippen molar-refractivity contribution in [3.63, 3.8) is 0 Å². The fourth-order valence-corrected chi connectivity index (χ4v) is 2.95. The number of rotatable bonds is 5. The van der Waals surface area contributed by atoms with Crippen molar-refractivity contribution in [3.8, 4) is 0 Å². The van der Waals surface area contributed by atoms with E-state index >= 15 is 0 Å². The Labute approximate surface area is 119 Å². The summed E-state index contributed by atoms with van der Waals surface area (Å²) in [7, 11) is 0. The van der Waals surface area contributed by atoms with Gasteiger partial charge in [-0.1, -0.05) is 6.92 Å². The maximum atomic E-state index is 11.8. The molecule has 1 heterocycles. The summed E-state index contributed by atoms with van der Waals surface area (Å²) in [5.74, 6) is 1.39. The fraction of sp³-hybridized carbons (Fsp3) is 0.733. The highest BCUT2D eigenvalue weighted by Crippen LogP contribution is 2.40. The third-order valence-corrected chi connectivity index (χ3v) is 4.13. The van der Waals surface area contributed by atoms with Gasteiger partial charge in [0.05, 0.1) is 0 Å². The molecule has 1 aromatic rings. The van der Waals surface area contributed by atoms with E-state index in [9.17, 15) is 4.79 Å². The minimum atomic E-state index is -0.426. The van der Waals surface area contributed by atoms with Gasteiger partial charge in [0.1, 0.15) is 11.4 Å². The molecule has 0 aliphatic heterocycles. The number of nitrogens with zero attached hydrogens (tertiary/aromatic N) is 1. The molecule has 112 valence electrons. The van der Waals surface area contributed by atoms with Crippen LogP contribution in [0.25, 0.3) is 0 Å². The zero-order chi connectivity index (χ0) is 14.6. The van der Waals surface area contributed by atoms with Crippen molar-refractivity contribution in [3.05, 3.63) is 27.9 Å². The first-order valence-electron chi connectivity index (χ1n) is 7.54. The quantitative estimate of drug-likeness (QED) is 0.860. The van der Waals surface area contributed by atoms with Crippen LogP contribution in [0.3, 0.4) is 0 Å². The summed E-state index contributed by atoms with van der Waals surface area (Å²) in [5.41, 5.74) is 5.78. The fourth-order valence-electron chi connectivity index (χ4n) is 2.95. The first-order valence-corrected chi connectivity index (χ1v) is 7.54. The lowest BCUT2D eigenvalue weighted by Crippen LogP contribution is -2.38. The van der Waals surface area contributed by atoms with E-state index in [0.29, 0.717) is 31.3 Å². The van der Waals surface area contributed by atoms with Crippen molar-refractivity contribution in [2.45, 2.75) is 51.6 Å². The van der Waals surface area contributed by atoms with Gasteiger partial charge in [0.25, 0.3) is 5.56 Å². The zero-order valence-corrected chi connectivity index (χ0v) is 12.4. The average Bonchev–Trinajstić information content (AvgIpc) is 2.42. The lowest BCUT2D eigenvalue weighted by atomic mass is 9.78. The summed E-state index contributed by atoms with van der Waals surface area (Å²) in [6, 6.07) is 1.53. The summed E-state index contributed by atoms with van der Waals surface area (Å²) < 4.78 is 6.03. The van der Waals surface area contributed by atoms with Gasteiger partial charge < -0.3 is 15.5 Å².